The van der Waals surface area contributed by atoms with E-state index in [1.165, 1.54) is 23.5 Å². The first-order valence-electron chi connectivity index (χ1n) is 10.5. The first kappa shape index (κ1) is 19.4. The number of carbonyl (C=O) groups is 1. The Morgan fingerprint density at radius 1 is 1.19 bits per heavy atom. The van der Waals surface area contributed by atoms with Gasteiger partial charge in [0.05, 0.1) is 5.69 Å². The van der Waals surface area contributed by atoms with Crippen LogP contribution in [-0.2, 0) is 4.79 Å². The highest BCUT2D eigenvalue weighted by molar-refractivity contribution is 6.12. The molecular formula is C25H23FN4O. The van der Waals surface area contributed by atoms with Crippen LogP contribution in [0.25, 0.3) is 0 Å². The number of aryl methyl sites for hydroxylation is 1. The molecule has 2 aliphatic rings. The van der Waals surface area contributed by atoms with Gasteiger partial charge in [-0.1, -0.05) is 6.07 Å². The SMILES string of the molecule is Cc1cc(N=CC2C(=O)Nc3cccc(F)c32)ccc1N1CCC(c2ccncc2)C1. The first-order valence-corrected chi connectivity index (χ1v) is 10.5. The van der Waals surface area contributed by atoms with Crippen molar-refractivity contribution in [2.45, 2.75) is 25.2 Å². The molecule has 1 aromatic heterocycles. The molecule has 0 radical (unpaired) electrons. The Labute approximate surface area is 180 Å². The van der Waals surface area contributed by atoms with Crippen molar-refractivity contribution < 1.29 is 9.18 Å². The predicted octanol–water partition coefficient (Wildman–Crippen LogP) is 4.96. The molecular weight excluding hydrogens is 391 g/mol. The second kappa shape index (κ2) is 7.95. The number of amides is 1. The van der Waals surface area contributed by atoms with E-state index in [2.05, 4.69) is 45.3 Å². The molecule has 6 heteroatoms. The van der Waals surface area contributed by atoms with Crippen molar-refractivity contribution >= 4 is 29.2 Å². The minimum atomic E-state index is -0.712. The molecule has 1 amide bonds. The van der Waals surface area contributed by atoms with Gasteiger partial charge in [-0.05, 0) is 66.9 Å². The molecule has 31 heavy (non-hydrogen) atoms. The number of rotatable bonds is 4. The van der Waals surface area contributed by atoms with E-state index in [0.717, 1.165) is 30.8 Å². The van der Waals surface area contributed by atoms with E-state index < -0.39 is 11.7 Å². The van der Waals surface area contributed by atoms with Gasteiger partial charge in [-0.3, -0.25) is 14.8 Å². The molecule has 1 saturated heterocycles. The summed E-state index contributed by atoms with van der Waals surface area (Å²) in [6.07, 6.45) is 6.36. The van der Waals surface area contributed by atoms with Gasteiger partial charge < -0.3 is 10.2 Å². The van der Waals surface area contributed by atoms with E-state index in [-0.39, 0.29) is 5.91 Å². The molecule has 156 valence electrons. The van der Waals surface area contributed by atoms with Crippen LogP contribution in [-0.4, -0.2) is 30.2 Å². The van der Waals surface area contributed by atoms with Crippen molar-refractivity contribution in [2.75, 3.05) is 23.3 Å². The molecule has 2 unspecified atom stereocenters. The highest BCUT2D eigenvalue weighted by atomic mass is 19.1. The number of hydrogen-bond acceptors (Lipinski definition) is 4. The van der Waals surface area contributed by atoms with Gasteiger partial charge in [0, 0.05) is 54.6 Å². The van der Waals surface area contributed by atoms with Crippen LogP contribution in [0.5, 0.6) is 0 Å². The maximum atomic E-state index is 14.2. The van der Waals surface area contributed by atoms with Crippen LogP contribution in [0.15, 0.2) is 65.9 Å². The zero-order valence-corrected chi connectivity index (χ0v) is 17.3. The van der Waals surface area contributed by atoms with Gasteiger partial charge in [0.15, 0.2) is 0 Å². The number of aliphatic imine (C=N–C) groups is 1. The summed E-state index contributed by atoms with van der Waals surface area (Å²) >= 11 is 0. The number of hydrogen-bond donors (Lipinski definition) is 1. The summed E-state index contributed by atoms with van der Waals surface area (Å²) in [4.78, 5) is 23.3. The molecule has 2 aliphatic heterocycles. The highest BCUT2D eigenvalue weighted by Gasteiger charge is 2.32. The number of carbonyl (C=O) groups excluding carboxylic acids is 1. The number of fused-ring (bicyclic) bond motifs is 1. The lowest BCUT2D eigenvalue weighted by Crippen LogP contribution is -2.20. The van der Waals surface area contributed by atoms with Gasteiger partial charge in [0.1, 0.15) is 11.7 Å². The number of pyridine rings is 1. The van der Waals surface area contributed by atoms with E-state index >= 15 is 0 Å². The average molecular weight is 414 g/mol. The normalized spacial score (nSPS) is 20.3. The standard InChI is InChI=1S/C25H23FN4O/c1-16-13-19(28-14-20-24-21(26)3-2-4-22(24)29-25(20)31)5-6-23(16)30-12-9-18(15-30)17-7-10-27-11-8-17/h2-8,10-11,13-14,18,20H,9,12,15H2,1H3,(H,29,31). The minimum Gasteiger partial charge on any atom is -0.371 e. The van der Waals surface area contributed by atoms with E-state index in [4.69, 9.17) is 0 Å². The summed E-state index contributed by atoms with van der Waals surface area (Å²) in [6, 6.07) is 14.9. The largest absolute Gasteiger partial charge is 0.371 e. The zero-order valence-electron chi connectivity index (χ0n) is 17.3. The summed E-state index contributed by atoms with van der Waals surface area (Å²) in [5.74, 6) is -0.847. The van der Waals surface area contributed by atoms with Crippen LogP contribution in [0.1, 0.15) is 34.9 Å². The van der Waals surface area contributed by atoms with Crippen molar-refractivity contribution in [1.29, 1.82) is 0 Å². The van der Waals surface area contributed by atoms with Crippen molar-refractivity contribution in [1.82, 2.24) is 4.98 Å². The maximum Gasteiger partial charge on any atom is 0.237 e. The first-order chi connectivity index (χ1) is 15.1. The van der Waals surface area contributed by atoms with Crippen molar-refractivity contribution in [3.63, 3.8) is 0 Å². The molecule has 3 heterocycles. The molecule has 2 atom stereocenters. The van der Waals surface area contributed by atoms with Gasteiger partial charge in [0.25, 0.3) is 0 Å². The zero-order chi connectivity index (χ0) is 21.4. The molecule has 5 rings (SSSR count). The Morgan fingerprint density at radius 3 is 2.84 bits per heavy atom. The summed E-state index contributed by atoms with van der Waals surface area (Å²) in [5.41, 5.74) is 5.30. The van der Waals surface area contributed by atoms with Crippen LogP contribution >= 0.6 is 0 Å². The van der Waals surface area contributed by atoms with Crippen LogP contribution < -0.4 is 10.2 Å². The number of halogens is 1. The third kappa shape index (κ3) is 3.69. The topological polar surface area (TPSA) is 57.6 Å². The Morgan fingerprint density at radius 2 is 2.03 bits per heavy atom. The van der Waals surface area contributed by atoms with E-state index in [1.54, 1.807) is 12.1 Å². The smallest absolute Gasteiger partial charge is 0.237 e. The Bertz CT molecular complexity index is 1160. The number of anilines is 2. The molecule has 1 N–H and O–H groups in total. The van der Waals surface area contributed by atoms with Gasteiger partial charge in [0.2, 0.25) is 5.91 Å². The predicted molar refractivity (Wildman–Crippen MR) is 121 cm³/mol. The minimum absolute atomic E-state index is 0.253. The fourth-order valence-electron chi connectivity index (χ4n) is 4.57. The number of aromatic nitrogens is 1. The Kier molecular flexibility index (Phi) is 4.98. The van der Waals surface area contributed by atoms with E-state index in [9.17, 15) is 9.18 Å². The Balaban J connectivity index is 1.32. The second-order valence-corrected chi connectivity index (χ2v) is 8.13. The van der Waals surface area contributed by atoms with Crippen molar-refractivity contribution in [2.24, 2.45) is 4.99 Å². The number of nitrogens with one attached hydrogen (secondary N) is 1. The Hall–Kier alpha value is -3.54. The quantitative estimate of drug-likeness (QED) is 0.614. The van der Waals surface area contributed by atoms with Crippen LogP contribution in [0.4, 0.5) is 21.5 Å². The molecule has 2 aromatic carbocycles. The number of nitrogens with zero attached hydrogens (tertiary/aromatic N) is 3. The fourth-order valence-corrected chi connectivity index (χ4v) is 4.57. The third-order valence-corrected chi connectivity index (χ3v) is 6.16. The summed E-state index contributed by atoms with van der Waals surface area (Å²) in [7, 11) is 0. The van der Waals surface area contributed by atoms with Crippen LogP contribution in [0.2, 0.25) is 0 Å². The molecule has 0 bridgehead atoms. The summed E-state index contributed by atoms with van der Waals surface area (Å²) < 4.78 is 14.2. The molecule has 1 fully saturated rings. The summed E-state index contributed by atoms with van der Waals surface area (Å²) in [6.45, 7) is 4.06. The van der Waals surface area contributed by atoms with Crippen LogP contribution in [0.3, 0.4) is 0 Å². The summed E-state index contributed by atoms with van der Waals surface area (Å²) in [5, 5.41) is 2.72. The second-order valence-electron chi connectivity index (χ2n) is 8.13. The van der Waals surface area contributed by atoms with E-state index in [1.807, 2.05) is 24.5 Å². The van der Waals surface area contributed by atoms with Gasteiger partial charge in [-0.2, -0.15) is 0 Å². The van der Waals surface area contributed by atoms with Gasteiger partial charge >= 0.3 is 0 Å². The lowest BCUT2D eigenvalue weighted by Gasteiger charge is -2.21. The molecule has 5 nitrogen and oxygen atoms in total. The highest BCUT2D eigenvalue weighted by Crippen LogP contribution is 2.35. The van der Waals surface area contributed by atoms with Gasteiger partial charge in [-0.25, -0.2) is 4.39 Å². The third-order valence-electron chi connectivity index (χ3n) is 6.16. The lowest BCUT2D eigenvalue weighted by molar-refractivity contribution is -0.115. The maximum absolute atomic E-state index is 14.2. The molecule has 0 saturated carbocycles. The lowest BCUT2D eigenvalue weighted by atomic mass is 10.00. The molecule has 0 aliphatic carbocycles. The van der Waals surface area contributed by atoms with E-state index in [0.29, 0.717) is 17.2 Å². The average Bonchev–Trinajstić information content (AvgIpc) is 3.38. The fraction of sp³-hybridized carbons (Fsp3) is 0.240. The van der Waals surface area contributed by atoms with Gasteiger partial charge in [-0.15, -0.1) is 0 Å². The monoisotopic (exact) mass is 414 g/mol. The molecule has 0 spiro atoms. The van der Waals surface area contributed by atoms with Crippen molar-refractivity contribution in [3.8, 4) is 0 Å². The molecule has 3 aromatic rings. The number of benzene rings is 2. The van der Waals surface area contributed by atoms with Crippen molar-refractivity contribution in [3.05, 3.63) is 83.4 Å². The van der Waals surface area contributed by atoms with Crippen LogP contribution in [0, 0.1) is 12.7 Å².